The predicted molar refractivity (Wildman–Crippen MR) is 69.4 cm³/mol. The topological polar surface area (TPSA) is 41.1 Å². The largest absolute Gasteiger partial charge is 0.348 e. The van der Waals surface area contributed by atoms with E-state index in [9.17, 15) is 9.18 Å². The van der Waals surface area contributed by atoms with Gasteiger partial charge in [-0.2, -0.15) is 0 Å². The lowest BCUT2D eigenvalue weighted by Gasteiger charge is -2.16. The molecule has 0 aromatic heterocycles. The molecule has 5 heteroatoms. The molecule has 1 amide bonds. The monoisotopic (exact) mass is 270 g/mol. The summed E-state index contributed by atoms with van der Waals surface area (Å²) in [7, 11) is 0. The van der Waals surface area contributed by atoms with Crippen LogP contribution in [0.3, 0.4) is 0 Å². The first-order valence-electron chi connectivity index (χ1n) is 6.13. The molecule has 98 valence electrons. The molecule has 1 aliphatic heterocycles. The van der Waals surface area contributed by atoms with Gasteiger partial charge < -0.3 is 10.6 Å². The fourth-order valence-corrected chi connectivity index (χ4v) is 2.17. The van der Waals surface area contributed by atoms with Crippen molar-refractivity contribution in [3.63, 3.8) is 0 Å². The van der Waals surface area contributed by atoms with E-state index in [4.69, 9.17) is 11.6 Å². The van der Waals surface area contributed by atoms with Crippen LogP contribution in [0.5, 0.6) is 0 Å². The Morgan fingerprint density at radius 2 is 2.28 bits per heavy atom. The highest BCUT2D eigenvalue weighted by Crippen LogP contribution is 2.15. The first kappa shape index (κ1) is 13.3. The van der Waals surface area contributed by atoms with Gasteiger partial charge in [-0.3, -0.25) is 4.79 Å². The molecule has 0 spiro atoms. The van der Waals surface area contributed by atoms with E-state index >= 15 is 0 Å². The van der Waals surface area contributed by atoms with Gasteiger partial charge in [0.2, 0.25) is 0 Å². The number of benzene rings is 1. The Morgan fingerprint density at radius 3 is 3.06 bits per heavy atom. The summed E-state index contributed by atoms with van der Waals surface area (Å²) in [6, 6.07) is 4.21. The zero-order valence-corrected chi connectivity index (χ0v) is 10.8. The maximum absolute atomic E-state index is 13.3. The van der Waals surface area contributed by atoms with Crippen LogP contribution in [-0.4, -0.2) is 25.0 Å². The molecule has 1 aliphatic rings. The number of rotatable bonds is 2. The summed E-state index contributed by atoms with van der Waals surface area (Å²) in [6.45, 7) is 1.75. The number of hydrogen-bond donors (Lipinski definition) is 2. The lowest BCUT2D eigenvalue weighted by atomic mass is 10.1. The summed E-state index contributed by atoms with van der Waals surface area (Å²) in [5, 5.41) is 6.21. The van der Waals surface area contributed by atoms with Gasteiger partial charge >= 0.3 is 0 Å². The van der Waals surface area contributed by atoms with E-state index in [0.717, 1.165) is 32.4 Å². The Labute approximate surface area is 111 Å². The first-order chi connectivity index (χ1) is 8.66. The van der Waals surface area contributed by atoms with Crippen LogP contribution < -0.4 is 10.6 Å². The molecule has 3 nitrogen and oxygen atoms in total. The van der Waals surface area contributed by atoms with E-state index in [1.54, 1.807) is 0 Å². The van der Waals surface area contributed by atoms with Crippen LogP contribution in [-0.2, 0) is 0 Å². The molecule has 1 heterocycles. The lowest BCUT2D eigenvalue weighted by Crippen LogP contribution is -2.40. The predicted octanol–water partition coefficient (Wildman–Crippen LogP) is 2.35. The van der Waals surface area contributed by atoms with Gasteiger partial charge in [0, 0.05) is 18.2 Å². The van der Waals surface area contributed by atoms with Crippen LogP contribution in [0.4, 0.5) is 4.39 Å². The van der Waals surface area contributed by atoms with Crippen LogP contribution in [0.15, 0.2) is 18.2 Å². The molecule has 0 radical (unpaired) electrons. The summed E-state index contributed by atoms with van der Waals surface area (Å²) < 4.78 is 13.3. The SMILES string of the molecule is O=C(NC1CCCCNC1)c1ccc(Cl)c(F)c1. The van der Waals surface area contributed by atoms with Gasteiger partial charge in [-0.25, -0.2) is 4.39 Å². The summed E-state index contributed by atoms with van der Waals surface area (Å²) in [4.78, 5) is 11.9. The Bertz CT molecular complexity index is 431. The third-order valence-corrected chi connectivity index (χ3v) is 3.37. The molecule has 1 aromatic rings. The van der Waals surface area contributed by atoms with E-state index in [1.165, 1.54) is 18.2 Å². The highest BCUT2D eigenvalue weighted by atomic mass is 35.5. The van der Waals surface area contributed by atoms with Crippen molar-refractivity contribution in [2.45, 2.75) is 25.3 Å². The number of amides is 1. The van der Waals surface area contributed by atoms with Crippen LogP contribution >= 0.6 is 11.6 Å². The summed E-state index contributed by atoms with van der Waals surface area (Å²) in [5.41, 5.74) is 0.307. The first-order valence-corrected chi connectivity index (χ1v) is 6.51. The molecule has 1 saturated heterocycles. The summed E-state index contributed by atoms with van der Waals surface area (Å²) in [5.74, 6) is -0.817. The van der Waals surface area contributed by atoms with E-state index in [-0.39, 0.29) is 17.0 Å². The van der Waals surface area contributed by atoms with Crippen LogP contribution in [0.2, 0.25) is 5.02 Å². The summed E-state index contributed by atoms with van der Waals surface area (Å²) in [6.07, 6.45) is 3.17. The van der Waals surface area contributed by atoms with E-state index < -0.39 is 5.82 Å². The van der Waals surface area contributed by atoms with Crippen LogP contribution in [0, 0.1) is 5.82 Å². The Morgan fingerprint density at radius 1 is 1.44 bits per heavy atom. The van der Waals surface area contributed by atoms with Gasteiger partial charge in [0.1, 0.15) is 5.82 Å². The van der Waals surface area contributed by atoms with Crippen molar-refractivity contribution in [2.75, 3.05) is 13.1 Å². The van der Waals surface area contributed by atoms with Crippen molar-refractivity contribution in [3.05, 3.63) is 34.6 Å². The second-order valence-corrected chi connectivity index (χ2v) is 4.91. The Balaban J connectivity index is 1.99. The molecule has 1 atom stereocenters. The average molecular weight is 271 g/mol. The normalized spacial score (nSPS) is 20.2. The van der Waals surface area contributed by atoms with Gasteiger partial charge in [0.25, 0.3) is 5.91 Å². The molecule has 1 aromatic carbocycles. The number of carbonyl (C=O) groups excluding carboxylic acids is 1. The average Bonchev–Trinajstić information content (AvgIpc) is 2.61. The van der Waals surface area contributed by atoms with Crippen molar-refractivity contribution < 1.29 is 9.18 Å². The van der Waals surface area contributed by atoms with Gasteiger partial charge in [0.05, 0.1) is 5.02 Å². The van der Waals surface area contributed by atoms with Gasteiger partial charge in [-0.1, -0.05) is 18.0 Å². The number of halogens is 2. The molecule has 1 fully saturated rings. The standard InChI is InChI=1S/C13H16ClFN2O/c14-11-5-4-9(7-12(11)15)13(18)17-10-3-1-2-6-16-8-10/h4-5,7,10,16H,1-3,6,8H2,(H,17,18). The molecule has 2 N–H and O–H groups in total. The van der Waals surface area contributed by atoms with Crippen molar-refractivity contribution in [3.8, 4) is 0 Å². The Hall–Kier alpha value is -1.13. The minimum atomic E-state index is -0.566. The van der Waals surface area contributed by atoms with Crippen molar-refractivity contribution in [2.24, 2.45) is 0 Å². The van der Waals surface area contributed by atoms with Crippen LogP contribution in [0.1, 0.15) is 29.6 Å². The Kier molecular flexibility index (Phi) is 4.55. The minimum absolute atomic E-state index is 0.0303. The van der Waals surface area contributed by atoms with E-state index in [0.29, 0.717) is 5.56 Å². The molecule has 0 aliphatic carbocycles. The van der Waals surface area contributed by atoms with Gasteiger partial charge in [-0.05, 0) is 37.6 Å². The lowest BCUT2D eigenvalue weighted by molar-refractivity contribution is 0.0935. The molecular formula is C13H16ClFN2O. The molecule has 0 saturated carbocycles. The molecule has 0 bridgehead atoms. The molecular weight excluding hydrogens is 255 g/mol. The molecule has 18 heavy (non-hydrogen) atoms. The van der Waals surface area contributed by atoms with E-state index in [2.05, 4.69) is 10.6 Å². The smallest absolute Gasteiger partial charge is 0.251 e. The van der Waals surface area contributed by atoms with Gasteiger partial charge in [0.15, 0.2) is 0 Å². The van der Waals surface area contributed by atoms with Crippen molar-refractivity contribution >= 4 is 17.5 Å². The zero-order chi connectivity index (χ0) is 13.0. The third kappa shape index (κ3) is 3.43. The quantitative estimate of drug-likeness (QED) is 0.866. The number of carbonyl (C=O) groups is 1. The van der Waals surface area contributed by atoms with Gasteiger partial charge in [-0.15, -0.1) is 0 Å². The third-order valence-electron chi connectivity index (χ3n) is 3.06. The van der Waals surface area contributed by atoms with Crippen LogP contribution in [0.25, 0.3) is 0 Å². The molecule has 2 rings (SSSR count). The maximum Gasteiger partial charge on any atom is 0.251 e. The van der Waals surface area contributed by atoms with Crippen molar-refractivity contribution in [1.29, 1.82) is 0 Å². The fourth-order valence-electron chi connectivity index (χ4n) is 2.05. The minimum Gasteiger partial charge on any atom is -0.348 e. The highest BCUT2D eigenvalue weighted by Gasteiger charge is 2.16. The zero-order valence-electron chi connectivity index (χ0n) is 10.0. The summed E-state index contributed by atoms with van der Waals surface area (Å²) >= 11 is 5.58. The second kappa shape index (κ2) is 6.16. The van der Waals surface area contributed by atoms with E-state index in [1.807, 2.05) is 0 Å². The highest BCUT2D eigenvalue weighted by molar-refractivity contribution is 6.30. The van der Waals surface area contributed by atoms with Crippen molar-refractivity contribution in [1.82, 2.24) is 10.6 Å². The second-order valence-electron chi connectivity index (χ2n) is 4.50. The molecule has 1 unspecified atom stereocenters. The number of nitrogens with one attached hydrogen (secondary N) is 2. The number of hydrogen-bond acceptors (Lipinski definition) is 2. The maximum atomic E-state index is 13.3. The fraction of sp³-hybridized carbons (Fsp3) is 0.462.